The number of rotatable bonds is 7. The van der Waals surface area contributed by atoms with Gasteiger partial charge in [0.25, 0.3) is 0 Å². The molecule has 0 bridgehead atoms. The maximum atomic E-state index is 14.5. The van der Waals surface area contributed by atoms with Gasteiger partial charge < -0.3 is 29.5 Å². The molecule has 5 rings (SSSR count). The zero-order chi connectivity index (χ0) is 24.4. The van der Waals surface area contributed by atoms with Crippen LogP contribution in [0, 0.1) is 5.82 Å². The summed E-state index contributed by atoms with van der Waals surface area (Å²) in [6.45, 7) is 3.64. The Hall–Kier alpha value is -2.14. The molecule has 12 heteroatoms. The van der Waals surface area contributed by atoms with E-state index in [0.717, 1.165) is 24.2 Å². The number of aliphatic hydroxyl groups is 1. The van der Waals surface area contributed by atoms with Crippen molar-refractivity contribution >= 4 is 47.3 Å². The van der Waals surface area contributed by atoms with E-state index in [1.54, 1.807) is 12.3 Å². The Balaban J connectivity index is 0.00000190. The van der Waals surface area contributed by atoms with Gasteiger partial charge in [-0.1, -0.05) is 11.6 Å². The van der Waals surface area contributed by atoms with Crippen molar-refractivity contribution in [3.8, 4) is 17.2 Å². The van der Waals surface area contributed by atoms with Gasteiger partial charge >= 0.3 is 0 Å². The Kier molecular flexibility index (Phi) is 10.4. The number of halogens is 4. The lowest BCUT2D eigenvalue weighted by Gasteiger charge is -2.36. The van der Waals surface area contributed by atoms with E-state index in [1.807, 2.05) is 6.07 Å². The van der Waals surface area contributed by atoms with Gasteiger partial charge in [-0.3, -0.25) is 9.97 Å². The Bertz CT molecular complexity index is 1220. The number of methoxy groups -OCH3 is 1. The first-order chi connectivity index (χ1) is 17.0. The zero-order valence-electron chi connectivity index (χ0n) is 20.3. The lowest BCUT2D eigenvalue weighted by Crippen LogP contribution is -2.52. The van der Waals surface area contributed by atoms with Gasteiger partial charge in [0.05, 0.1) is 30.1 Å². The Morgan fingerprint density at radius 3 is 2.70 bits per heavy atom. The highest BCUT2D eigenvalue weighted by atomic mass is 35.5. The van der Waals surface area contributed by atoms with Crippen LogP contribution in [0.5, 0.6) is 17.2 Å². The lowest BCUT2D eigenvalue weighted by molar-refractivity contribution is 0.0403. The predicted molar refractivity (Wildman–Crippen MR) is 144 cm³/mol. The molecule has 37 heavy (non-hydrogen) atoms. The van der Waals surface area contributed by atoms with Crippen molar-refractivity contribution in [1.82, 2.24) is 20.2 Å². The molecule has 2 unspecified atom stereocenters. The van der Waals surface area contributed by atoms with E-state index in [-0.39, 0.29) is 36.4 Å². The second-order valence-corrected chi connectivity index (χ2v) is 9.21. The van der Waals surface area contributed by atoms with Gasteiger partial charge in [0, 0.05) is 49.4 Å². The molecule has 202 valence electrons. The summed E-state index contributed by atoms with van der Waals surface area (Å²) in [6, 6.07) is 4.93. The summed E-state index contributed by atoms with van der Waals surface area (Å²) in [5.41, 5.74) is 1.94. The molecule has 0 amide bonds. The molecule has 0 saturated carbocycles. The second kappa shape index (κ2) is 13.1. The average Bonchev–Trinajstić information content (AvgIpc) is 2.87. The van der Waals surface area contributed by atoms with E-state index < -0.39 is 11.9 Å². The van der Waals surface area contributed by atoms with E-state index in [1.165, 1.54) is 19.4 Å². The first-order valence-electron chi connectivity index (χ1n) is 11.7. The van der Waals surface area contributed by atoms with Crippen LogP contribution >= 0.6 is 36.4 Å². The van der Waals surface area contributed by atoms with Crippen LogP contribution in [0.1, 0.15) is 17.7 Å². The largest absolute Gasteiger partial charge is 0.497 e. The maximum Gasteiger partial charge on any atom is 0.179 e. The Morgan fingerprint density at radius 1 is 1.16 bits per heavy atom. The Morgan fingerprint density at radius 2 is 1.95 bits per heavy atom. The summed E-state index contributed by atoms with van der Waals surface area (Å²) >= 11 is 6.44. The van der Waals surface area contributed by atoms with Crippen LogP contribution in [-0.4, -0.2) is 72.1 Å². The summed E-state index contributed by atoms with van der Waals surface area (Å²) in [5.74, 6) is 1.36. The van der Waals surface area contributed by atoms with Crippen LogP contribution in [0.25, 0.3) is 10.9 Å². The van der Waals surface area contributed by atoms with Crippen molar-refractivity contribution in [3.63, 3.8) is 0 Å². The van der Waals surface area contributed by atoms with Gasteiger partial charge in [-0.15, -0.1) is 24.8 Å². The van der Waals surface area contributed by atoms with Crippen LogP contribution < -0.4 is 19.5 Å². The van der Waals surface area contributed by atoms with Crippen molar-refractivity contribution in [2.24, 2.45) is 0 Å². The SMILES string of the molecule is COc1cc(F)c2ncc(Cl)c(CCN3CCC(NCc4cc5c(cn4)OCCO5)C(O)C3)c2c1.Cl.Cl. The average molecular weight is 576 g/mol. The molecule has 2 aromatic heterocycles. The molecule has 8 nitrogen and oxygen atoms in total. The molecule has 3 aromatic rings. The fraction of sp³-hybridized carbons (Fsp3) is 0.440. The number of pyridine rings is 2. The molecular formula is C25H30Cl3FN4O4. The van der Waals surface area contributed by atoms with Gasteiger partial charge in [-0.05, 0) is 31.0 Å². The number of β-amino-alcohol motifs (C(OH)–C–C–N with tert-alkyl or cyclic N) is 1. The van der Waals surface area contributed by atoms with Crippen LogP contribution in [0.4, 0.5) is 4.39 Å². The number of nitrogens with zero attached hydrogens (tertiary/aromatic N) is 3. The predicted octanol–water partition coefficient (Wildman–Crippen LogP) is 3.81. The van der Waals surface area contributed by atoms with Gasteiger partial charge in [-0.25, -0.2) is 4.39 Å². The van der Waals surface area contributed by atoms with E-state index in [2.05, 4.69) is 20.2 Å². The van der Waals surface area contributed by atoms with Gasteiger partial charge in [0.15, 0.2) is 17.3 Å². The Labute approximate surface area is 232 Å². The molecular weight excluding hydrogens is 546 g/mol. The van der Waals surface area contributed by atoms with Crippen molar-refractivity contribution < 1.29 is 23.7 Å². The molecule has 1 saturated heterocycles. The van der Waals surface area contributed by atoms with Crippen molar-refractivity contribution in [2.75, 3.05) is 40.0 Å². The summed E-state index contributed by atoms with van der Waals surface area (Å²) < 4.78 is 30.8. The molecule has 2 N–H and O–H groups in total. The molecule has 4 heterocycles. The lowest BCUT2D eigenvalue weighted by atomic mass is 10.00. The minimum absolute atomic E-state index is 0. The van der Waals surface area contributed by atoms with E-state index >= 15 is 0 Å². The van der Waals surface area contributed by atoms with Crippen LogP contribution in [-0.2, 0) is 13.0 Å². The van der Waals surface area contributed by atoms with Crippen molar-refractivity contribution in [2.45, 2.75) is 31.5 Å². The van der Waals surface area contributed by atoms with E-state index in [9.17, 15) is 9.50 Å². The number of nitrogens with one attached hydrogen (secondary N) is 1. The third-order valence-electron chi connectivity index (χ3n) is 6.57. The first kappa shape index (κ1) is 29.4. The molecule has 2 atom stereocenters. The number of aliphatic hydroxyl groups excluding tert-OH is 1. The monoisotopic (exact) mass is 574 g/mol. The van der Waals surface area contributed by atoms with Gasteiger partial charge in [0.2, 0.25) is 0 Å². The first-order valence-corrected chi connectivity index (χ1v) is 12.1. The minimum atomic E-state index is -0.525. The molecule has 0 radical (unpaired) electrons. The summed E-state index contributed by atoms with van der Waals surface area (Å²) in [5, 5.41) is 15.3. The molecule has 1 aromatic carbocycles. The molecule has 0 aliphatic carbocycles. The molecule has 1 fully saturated rings. The van der Waals surface area contributed by atoms with E-state index in [0.29, 0.717) is 66.9 Å². The van der Waals surface area contributed by atoms with Crippen LogP contribution in [0.2, 0.25) is 5.02 Å². The second-order valence-electron chi connectivity index (χ2n) is 8.80. The molecule has 0 spiro atoms. The summed E-state index contributed by atoms with van der Waals surface area (Å²) in [4.78, 5) is 10.8. The summed E-state index contributed by atoms with van der Waals surface area (Å²) in [6.07, 6.45) is 4.05. The van der Waals surface area contributed by atoms with Gasteiger partial charge in [0.1, 0.15) is 24.5 Å². The topological polar surface area (TPSA) is 89.0 Å². The number of fused-ring (bicyclic) bond motifs is 2. The van der Waals surface area contributed by atoms with Crippen molar-refractivity contribution in [3.05, 3.63) is 52.7 Å². The maximum absolute atomic E-state index is 14.5. The third kappa shape index (κ3) is 6.66. The molecule has 2 aliphatic heterocycles. The highest BCUT2D eigenvalue weighted by molar-refractivity contribution is 6.32. The zero-order valence-corrected chi connectivity index (χ0v) is 22.7. The van der Waals surface area contributed by atoms with E-state index in [4.69, 9.17) is 25.8 Å². The third-order valence-corrected chi connectivity index (χ3v) is 6.89. The number of benzene rings is 1. The number of ether oxygens (including phenoxy) is 3. The number of piperidine rings is 1. The standard InChI is InChI=1S/C25H28ClFN4O4.2ClH/c1-33-16-9-18-17(19(26)12-30-25(18)20(27)10-16)2-4-31-5-3-21(22(32)14-31)29-11-15-8-23-24(13-28-15)35-7-6-34-23;;/h8-10,12-13,21-22,29,32H,2-7,11,14H2,1H3;2*1H. The minimum Gasteiger partial charge on any atom is -0.497 e. The highest BCUT2D eigenvalue weighted by Gasteiger charge is 2.27. The van der Waals surface area contributed by atoms with Crippen LogP contribution in [0.3, 0.4) is 0 Å². The quantitative estimate of drug-likeness (QED) is 0.440. The van der Waals surface area contributed by atoms with Crippen molar-refractivity contribution in [1.29, 1.82) is 0 Å². The molecule has 2 aliphatic rings. The van der Waals surface area contributed by atoms with Gasteiger partial charge in [-0.2, -0.15) is 0 Å². The fourth-order valence-electron chi connectivity index (χ4n) is 4.67. The van der Waals surface area contributed by atoms with Crippen LogP contribution in [0.15, 0.2) is 30.6 Å². The summed E-state index contributed by atoms with van der Waals surface area (Å²) in [7, 11) is 1.50. The highest BCUT2D eigenvalue weighted by Crippen LogP contribution is 2.31. The normalized spacial score (nSPS) is 19.1. The number of hydrogen-bond acceptors (Lipinski definition) is 8. The smallest absolute Gasteiger partial charge is 0.179 e. The fourth-order valence-corrected chi connectivity index (χ4v) is 4.91. The number of likely N-dealkylation sites (tertiary alicyclic amines) is 1. The number of aromatic nitrogens is 2. The number of hydrogen-bond donors (Lipinski definition) is 2.